The molecular formula is C10H19N5. The maximum absolute atomic E-state index is 8.83. The number of hydrogen-bond acceptors (Lipinski definition) is 3. The predicted molar refractivity (Wildman–Crippen MR) is 60.2 cm³/mol. The lowest BCUT2D eigenvalue weighted by atomic mass is 10.1. The fourth-order valence-corrected chi connectivity index (χ4v) is 1.28. The topological polar surface area (TPSA) is 84.6 Å². The molecule has 0 amide bonds. The third-order valence-electron chi connectivity index (χ3n) is 2.14. The molecule has 0 spiro atoms. The van der Waals surface area contributed by atoms with Crippen molar-refractivity contribution in [3.63, 3.8) is 0 Å². The second-order valence-corrected chi connectivity index (χ2v) is 3.44. The second-order valence-electron chi connectivity index (χ2n) is 3.44. The number of rotatable bonds is 9. The molecule has 0 heterocycles. The molecule has 5 heteroatoms. The van der Waals surface area contributed by atoms with E-state index in [4.69, 9.17) is 10.8 Å². The van der Waals surface area contributed by atoms with E-state index in [1.54, 1.807) is 0 Å². The van der Waals surface area contributed by atoms with Crippen LogP contribution >= 0.6 is 0 Å². The van der Waals surface area contributed by atoms with Crippen molar-refractivity contribution >= 4 is 0 Å². The normalized spacial score (nSPS) is 11.5. The van der Waals surface area contributed by atoms with E-state index in [2.05, 4.69) is 28.3 Å². The molecule has 0 aromatic rings. The van der Waals surface area contributed by atoms with E-state index in [-0.39, 0.29) is 6.04 Å². The van der Waals surface area contributed by atoms with Gasteiger partial charge in [0.15, 0.2) is 0 Å². The minimum absolute atomic E-state index is 0.0531. The van der Waals surface area contributed by atoms with E-state index in [1.807, 2.05) is 0 Å². The average molecular weight is 209 g/mol. The van der Waals surface area contributed by atoms with E-state index < -0.39 is 0 Å². The number of hydrogen-bond donors (Lipinski definition) is 1. The summed E-state index contributed by atoms with van der Waals surface area (Å²) in [7, 11) is 0. The Balaban J connectivity index is 3.45. The Bertz CT molecular complexity index is 226. The lowest BCUT2D eigenvalue weighted by Gasteiger charge is -2.09. The van der Waals surface area contributed by atoms with Gasteiger partial charge in [-0.15, -0.1) is 0 Å². The van der Waals surface area contributed by atoms with Crippen LogP contribution in [0.15, 0.2) is 5.11 Å². The minimum atomic E-state index is -0.0531. The summed E-state index contributed by atoms with van der Waals surface area (Å²) in [4.78, 5) is 2.67. The fraction of sp³-hybridized carbons (Fsp3) is 0.900. The summed E-state index contributed by atoms with van der Waals surface area (Å²) in [6.07, 6.45) is 5.15. The molecule has 0 saturated heterocycles. The van der Waals surface area contributed by atoms with Gasteiger partial charge in [0.25, 0.3) is 0 Å². The average Bonchev–Trinajstić information content (AvgIpc) is 2.26. The van der Waals surface area contributed by atoms with E-state index in [9.17, 15) is 0 Å². The Hall–Kier alpha value is -1.24. The van der Waals surface area contributed by atoms with Gasteiger partial charge in [-0.1, -0.05) is 31.3 Å². The zero-order valence-electron chi connectivity index (χ0n) is 9.32. The van der Waals surface area contributed by atoms with Crippen LogP contribution in [0.1, 0.15) is 39.0 Å². The van der Waals surface area contributed by atoms with Crippen LogP contribution < -0.4 is 5.32 Å². The summed E-state index contributed by atoms with van der Waals surface area (Å²) in [6, 6.07) is 2.18. The first kappa shape index (κ1) is 13.8. The SMILES string of the molecule is CCCCCC(C#N)NCCCN=[N+]=[N-]. The van der Waals surface area contributed by atoms with Crippen LogP contribution in [0, 0.1) is 11.3 Å². The van der Waals surface area contributed by atoms with Crippen molar-refractivity contribution in [1.29, 1.82) is 5.26 Å². The molecule has 0 aromatic carbocycles. The van der Waals surface area contributed by atoms with Crippen molar-refractivity contribution in [3.8, 4) is 6.07 Å². The Kier molecular flexibility index (Phi) is 9.94. The smallest absolute Gasteiger partial charge is 0.0952 e. The second kappa shape index (κ2) is 10.8. The van der Waals surface area contributed by atoms with Crippen molar-refractivity contribution in [2.45, 2.75) is 45.1 Å². The van der Waals surface area contributed by atoms with Crippen LogP contribution in [-0.2, 0) is 0 Å². The van der Waals surface area contributed by atoms with Crippen molar-refractivity contribution in [1.82, 2.24) is 5.32 Å². The van der Waals surface area contributed by atoms with Crippen molar-refractivity contribution < 1.29 is 0 Å². The lowest BCUT2D eigenvalue weighted by Crippen LogP contribution is -2.28. The Morgan fingerprint density at radius 3 is 2.87 bits per heavy atom. The summed E-state index contributed by atoms with van der Waals surface area (Å²) in [6.45, 7) is 3.38. The molecule has 0 aliphatic rings. The highest BCUT2D eigenvalue weighted by Crippen LogP contribution is 2.02. The standard InChI is InChI=1S/C10H19N5/c1-2-3-4-6-10(9-11)13-7-5-8-14-15-12/h10,13H,2-8H2,1H3. The van der Waals surface area contributed by atoms with Gasteiger partial charge in [-0.3, -0.25) is 0 Å². The van der Waals surface area contributed by atoms with Crippen molar-refractivity contribution in [3.05, 3.63) is 10.4 Å². The molecule has 0 saturated carbocycles. The summed E-state index contributed by atoms with van der Waals surface area (Å²) in [5.41, 5.74) is 8.05. The van der Waals surface area contributed by atoms with Crippen LogP contribution in [0.4, 0.5) is 0 Å². The minimum Gasteiger partial charge on any atom is -0.302 e. The van der Waals surface area contributed by atoms with Gasteiger partial charge in [-0.2, -0.15) is 5.26 Å². The van der Waals surface area contributed by atoms with Gasteiger partial charge in [0.2, 0.25) is 0 Å². The Labute approximate surface area is 91.1 Å². The third-order valence-corrected chi connectivity index (χ3v) is 2.14. The van der Waals surface area contributed by atoms with Gasteiger partial charge in [0.05, 0.1) is 12.1 Å². The highest BCUT2D eigenvalue weighted by Gasteiger charge is 2.04. The summed E-state index contributed by atoms with van der Waals surface area (Å²) in [5, 5.41) is 15.4. The van der Waals surface area contributed by atoms with Gasteiger partial charge in [0, 0.05) is 11.5 Å². The van der Waals surface area contributed by atoms with Gasteiger partial charge in [-0.25, -0.2) is 0 Å². The Morgan fingerprint density at radius 1 is 1.47 bits per heavy atom. The molecule has 1 atom stereocenters. The maximum atomic E-state index is 8.83. The van der Waals surface area contributed by atoms with Crippen LogP contribution in [0.3, 0.4) is 0 Å². The van der Waals surface area contributed by atoms with Crippen LogP contribution in [0.5, 0.6) is 0 Å². The molecule has 0 aromatic heterocycles. The monoisotopic (exact) mass is 209 g/mol. The van der Waals surface area contributed by atoms with E-state index in [1.165, 1.54) is 12.8 Å². The maximum Gasteiger partial charge on any atom is 0.0952 e. The molecule has 0 radical (unpaired) electrons. The number of azide groups is 1. The summed E-state index contributed by atoms with van der Waals surface area (Å²) in [5.74, 6) is 0. The molecule has 0 aliphatic heterocycles. The number of nitriles is 1. The Morgan fingerprint density at radius 2 is 2.27 bits per heavy atom. The largest absolute Gasteiger partial charge is 0.302 e. The highest BCUT2D eigenvalue weighted by molar-refractivity contribution is 4.89. The molecule has 0 fully saturated rings. The molecule has 5 nitrogen and oxygen atoms in total. The first-order valence-corrected chi connectivity index (χ1v) is 5.49. The third kappa shape index (κ3) is 9.07. The molecular weight excluding hydrogens is 190 g/mol. The first-order valence-electron chi connectivity index (χ1n) is 5.49. The van der Waals surface area contributed by atoms with E-state index in [0.717, 1.165) is 25.8 Å². The van der Waals surface area contributed by atoms with Crippen LogP contribution in [-0.4, -0.2) is 19.1 Å². The molecule has 84 valence electrons. The lowest BCUT2D eigenvalue weighted by molar-refractivity contribution is 0.524. The zero-order valence-corrected chi connectivity index (χ0v) is 9.32. The molecule has 1 unspecified atom stereocenters. The van der Waals surface area contributed by atoms with Gasteiger partial charge >= 0.3 is 0 Å². The molecule has 0 aliphatic carbocycles. The first-order chi connectivity index (χ1) is 7.35. The summed E-state index contributed by atoms with van der Waals surface area (Å²) >= 11 is 0. The number of nitrogens with one attached hydrogen (secondary N) is 1. The zero-order chi connectivity index (χ0) is 11.4. The van der Waals surface area contributed by atoms with Gasteiger partial charge in [0.1, 0.15) is 0 Å². The highest BCUT2D eigenvalue weighted by atomic mass is 15.1. The van der Waals surface area contributed by atoms with Gasteiger partial charge < -0.3 is 5.32 Å². The van der Waals surface area contributed by atoms with Crippen LogP contribution in [0.2, 0.25) is 0 Å². The van der Waals surface area contributed by atoms with Crippen molar-refractivity contribution in [2.75, 3.05) is 13.1 Å². The quantitative estimate of drug-likeness (QED) is 0.274. The van der Waals surface area contributed by atoms with E-state index in [0.29, 0.717) is 6.54 Å². The van der Waals surface area contributed by atoms with Crippen LogP contribution in [0.25, 0.3) is 10.4 Å². The number of nitrogens with zero attached hydrogens (tertiary/aromatic N) is 4. The van der Waals surface area contributed by atoms with E-state index >= 15 is 0 Å². The fourth-order valence-electron chi connectivity index (χ4n) is 1.28. The molecule has 15 heavy (non-hydrogen) atoms. The van der Waals surface area contributed by atoms with Crippen molar-refractivity contribution in [2.24, 2.45) is 5.11 Å². The molecule has 1 N–H and O–H groups in total. The molecule has 0 bridgehead atoms. The number of unbranched alkanes of at least 4 members (excludes halogenated alkanes) is 2. The predicted octanol–water partition coefficient (Wildman–Crippen LogP) is 2.75. The summed E-state index contributed by atoms with van der Waals surface area (Å²) < 4.78 is 0. The molecule has 0 rings (SSSR count). The van der Waals surface area contributed by atoms with Gasteiger partial charge in [-0.05, 0) is 24.9 Å².